The molecule has 1 rings (SSSR count). The molecule has 1 heterocycles. The van der Waals surface area contributed by atoms with Gasteiger partial charge >= 0.3 is 0 Å². The second-order valence-electron chi connectivity index (χ2n) is 3.82. The van der Waals surface area contributed by atoms with Crippen LogP contribution in [0, 0.1) is 0 Å². The van der Waals surface area contributed by atoms with Crippen molar-refractivity contribution in [3.8, 4) is 0 Å². The maximum absolute atomic E-state index is 5.17. The third-order valence-corrected chi connectivity index (χ3v) is 2.31. The summed E-state index contributed by atoms with van der Waals surface area (Å²) in [5.41, 5.74) is 2.07. The number of hydrogen-bond donors (Lipinski definition) is 2. The zero-order valence-electron chi connectivity index (χ0n) is 10.3. The third-order valence-electron chi connectivity index (χ3n) is 2.31. The summed E-state index contributed by atoms with van der Waals surface area (Å²) in [7, 11) is 1.71. The molecule has 1 atom stereocenters. The van der Waals surface area contributed by atoms with Crippen LogP contribution in [-0.2, 0) is 4.74 Å². The lowest BCUT2D eigenvalue weighted by atomic mass is 10.3. The van der Waals surface area contributed by atoms with Crippen molar-refractivity contribution in [2.45, 2.75) is 26.4 Å². The van der Waals surface area contributed by atoms with Gasteiger partial charge in [-0.2, -0.15) is 0 Å². The smallest absolute Gasteiger partial charge is 0.0715 e. The highest BCUT2D eigenvalue weighted by Crippen LogP contribution is 2.12. The van der Waals surface area contributed by atoms with E-state index in [1.165, 1.54) is 0 Å². The summed E-state index contributed by atoms with van der Waals surface area (Å²) < 4.78 is 5.17. The lowest BCUT2D eigenvalue weighted by molar-refractivity contribution is 0.129. The van der Waals surface area contributed by atoms with E-state index in [1.54, 1.807) is 7.11 Å². The number of anilines is 2. The minimum absolute atomic E-state index is 0.201. The first kappa shape index (κ1) is 12.8. The summed E-state index contributed by atoms with van der Waals surface area (Å²) in [4.78, 5) is 4.18. The molecule has 4 nitrogen and oxygen atoms in total. The molecule has 0 radical (unpaired) electrons. The maximum Gasteiger partial charge on any atom is 0.0715 e. The molecule has 0 amide bonds. The number of hydrogen-bond acceptors (Lipinski definition) is 4. The van der Waals surface area contributed by atoms with Crippen LogP contribution in [0.5, 0.6) is 0 Å². The van der Waals surface area contributed by atoms with E-state index in [1.807, 2.05) is 19.3 Å². The Bertz CT molecular complexity index is 304. The molecule has 0 spiro atoms. The predicted molar refractivity (Wildman–Crippen MR) is 68.0 cm³/mol. The van der Waals surface area contributed by atoms with Gasteiger partial charge in [-0.1, -0.05) is 6.92 Å². The Morgan fingerprint density at radius 2 is 2.00 bits per heavy atom. The molecule has 0 aliphatic carbocycles. The number of pyridine rings is 1. The molecule has 1 aromatic heterocycles. The van der Waals surface area contributed by atoms with Gasteiger partial charge in [0.2, 0.25) is 0 Å². The van der Waals surface area contributed by atoms with Crippen molar-refractivity contribution < 1.29 is 4.74 Å². The van der Waals surface area contributed by atoms with Crippen molar-refractivity contribution in [3.63, 3.8) is 0 Å². The van der Waals surface area contributed by atoms with Gasteiger partial charge in [-0.15, -0.1) is 0 Å². The summed E-state index contributed by atoms with van der Waals surface area (Å²) >= 11 is 0. The zero-order valence-corrected chi connectivity index (χ0v) is 10.3. The van der Waals surface area contributed by atoms with Crippen LogP contribution in [0.15, 0.2) is 18.5 Å². The standard InChI is InChI=1S/C12H21N3O/c1-4-5-14-11-6-12(9-13-8-11)15-7-10(2)16-3/h6,8-10,14-15H,4-5,7H2,1-3H3. The highest BCUT2D eigenvalue weighted by molar-refractivity contribution is 5.53. The van der Waals surface area contributed by atoms with Gasteiger partial charge < -0.3 is 15.4 Å². The van der Waals surface area contributed by atoms with Gasteiger partial charge in [-0.25, -0.2) is 0 Å². The summed E-state index contributed by atoms with van der Waals surface area (Å²) in [5.74, 6) is 0. The molecule has 0 saturated carbocycles. The largest absolute Gasteiger partial charge is 0.384 e. The minimum atomic E-state index is 0.201. The molecule has 0 saturated heterocycles. The second-order valence-corrected chi connectivity index (χ2v) is 3.82. The van der Waals surface area contributed by atoms with Crippen molar-refractivity contribution in [1.82, 2.24) is 4.98 Å². The Morgan fingerprint density at radius 1 is 1.31 bits per heavy atom. The molecule has 90 valence electrons. The van der Waals surface area contributed by atoms with Gasteiger partial charge in [0, 0.05) is 20.2 Å². The first-order chi connectivity index (χ1) is 7.76. The van der Waals surface area contributed by atoms with E-state index in [2.05, 4.69) is 28.6 Å². The van der Waals surface area contributed by atoms with Crippen molar-refractivity contribution in [3.05, 3.63) is 18.5 Å². The van der Waals surface area contributed by atoms with E-state index < -0.39 is 0 Å². The van der Waals surface area contributed by atoms with Crippen LogP contribution in [0.25, 0.3) is 0 Å². The van der Waals surface area contributed by atoms with Crippen molar-refractivity contribution in [1.29, 1.82) is 0 Å². The number of nitrogens with one attached hydrogen (secondary N) is 2. The molecular formula is C12H21N3O. The van der Waals surface area contributed by atoms with Crippen molar-refractivity contribution in [2.75, 3.05) is 30.8 Å². The fraction of sp³-hybridized carbons (Fsp3) is 0.583. The van der Waals surface area contributed by atoms with Gasteiger partial charge in [-0.3, -0.25) is 4.98 Å². The summed E-state index contributed by atoms with van der Waals surface area (Å²) in [5, 5.41) is 6.59. The number of aromatic nitrogens is 1. The second kappa shape index (κ2) is 7.06. The van der Waals surface area contributed by atoms with Crippen LogP contribution < -0.4 is 10.6 Å². The van der Waals surface area contributed by atoms with E-state index in [-0.39, 0.29) is 6.10 Å². The van der Waals surface area contributed by atoms with Crippen LogP contribution in [0.2, 0.25) is 0 Å². The van der Waals surface area contributed by atoms with E-state index in [0.717, 1.165) is 30.9 Å². The molecular weight excluding hydrogens is 202 g/mol. The van der Waals surface area contributed by atoms with Crippen LogP contribution in [0.3, 0.4) is 0 Å². The first-order valence-corrected chi connectivity index (χ1v) is 5.71. The van der Waals surface area contributed by atoms with E-state index in [0.29, 0.717) is 0 Å². The molecule has 16 heavy (non-hydrogen) atoms. The van der Waals surface area contributed by atoms with Crippen LogP contribution in [0.1, 0.15) is 20.3 Å². The summed E-state index contributed by atoms with van der Waals surface area (Å²) in [6, 6.07) is 2.06. The van der Waals surface area contributed by atoms with Gasteiger partial charge in [0.1, 0.15) is 0 Å². The van der Waals surface area contributed by atoms with Gasteiger partial charge in [-0.05, 0) is 19.4 Å². The molecule has 4 heteroatoms. The Morgan fingerprint density at radius 3 is 2.62 bits per heavy atom. The number of ether oxygens (including phenoxy) is 1. The third kappa shape index (κ3) is 4.49. The Labute approximate surface area is 97.4 Å². The Hall–Kier alpha value is -1.29. The van der Waals surface area contributed by atoms with Crippen LogP contribution >= 0.6 is 0 Å². The lowest BCUT2D eigenvalue weighted by Gasteiger charge is -2.12. The Kier molecular flexibility index (Phi) is 5.64. The topological polar surface area (TPSA) is 46.2 Å². The molecule has 0 fully saturated rings. The Balaban J connectivity index is 2.46. The fourth-order valence-corrected chi connectivity index (χ4v) is 1.25. The normalized spacial score (nSPS) is 12.2. The molecule has 1 unspecified atom stereocenters. The average Bonchev–Trinajstić information content (AvgIpc) is 2.34. The van der Waals surface area contributed by atoms with E-state index in [9.17, 15) is 0 Å². The molecule has 0 bridgehead atoms. The minimum Gasteiger partial charge on any atom is -0.384 e. The number of nitrogens with zero attached hydrogens (tertiary/aromatic N) is 1. The predicted octanol–water partition coefficient (Wildman–Crippen LogP) is 2.35. The molecule has 2 N–H and O–H groups in total. The maximum atomic E-state index is 5.17. The number of rotatable bonds is 7. The molecule has 0 aliphatic rings. The molecule has 0 aliphatic heterocycles. The summed E-state index contributed by atoms with van der Waals surface area (Å²) in [6.07, 6.45) is 4.96. The van der Waals surface area contributed by atoms with E-state index in [4.69, 9.17) is 4.74 Å². The zero-order chi connectivity index (χ0) is 11.8. The van der Waals surface area contributed by atoms with Gasteiger partial charge in [0.05, 0.1) is 29.9 Å². The van der Waals surface area contributed by atoms with Crippen molar-refractivity contribution >= 4 is 11.4 Å². The van der Waals surface area contributed by atoms with Crippen LogP contribution in [-0.4, -0.2) is 31.3 Å². The number of methoxy groups -OCH3 is 1. The van der Waals surface area contributed by atoms with Gasteiger partial charge in [0.25, 0.3) is 0 Å². The first-order valence-electron chi connectivity index (χ1n) is 5.71. The summed E-state index contributed by atoms with van der Waals surface area (Å²) in [6.45, 7) is 5.93. The highest BCUT2D eigenvalue weighted by atomic mass is 16.5. The lowest BCUT2D eigenvalue weighted by Crippen LogP contribution is -2.18. The molecule has 0 aromatic carbocycles. The van der Waals surface area contributed by atoms with Crippen molar-refractivity contribution in [2.24, 2.45) is 0 Å². The fourth-order valence-electron chi connectivity index (χ4n) is 1.25. The SMILES string of the molecule is CCCNc1cncc(NCC(C)OC)c1. The van der Waals surface area contributed by atoms with E-state index >= 15 is 0 Å². The molecule has 1 aromatic rings. The average molecular weight is 223 g/mol. The highest BCUT2D eigenvalue weighted by Gasteiger charge is 2.00. The van der Waals surface area contributed by atoms with Gasteiger partial charge in [0.15, 0.2) is 0 Å². The quantitative estimate of drug-likeness (QED) is 0.745. The monoisotopic (exact) mass is 223 g/mol. The van der Waals surface area contributed by atoms with Crippen LogP contribution in [0.4, 0.5) is 11.4 Å².